The summed E-state index contributed by atoms with van der Waals surface area (Å²) in [5.74, 6) is 1.74. The average molecular weight is 392 g/mol. The number of H-pyrrole nitrogens is 2. The lowest BCUT2D eigenvalue weighted by molar-refractivity contribution is 0.466. The number of alkyl halides is 1. The number of fused-ring (bicyclic) bond motifs is 1. The molecular formula is C20H21FN8. The minimum absolute atomic E-state index is 0.0158. The molecule has 5 rings (SSSR count). The lowest BCUT2D eigenvalue weighted by atomic mass is 10.2. The zero-order valence-electron chi connectivity index (χ0n) is 16.1. The zero-order chi connectivity index (χ0) is 20.0. The van der Waals surface area contributed by atoms with E-state index in [0.29, 0.717) is 24.0 Å². The maximum atomic E-state index is 13.2. The summed E-state index contributed by atoms with van der Waals surface area (Å²) >= 11 is 0. The lowest BCUT2D eigenvalue weighted by Gasteiger charge is -2.24. The molecule has 1 saturated carbocycles. The van der Waals surface area contributed by atoms with Gasteiger partial charge in [0.05, 0.1) is 22.8 Å². The molecule has 0 amide bonds. The highest BCUT2D eigenvalue weighted by Crippen LogP contribution is 2.43. The van der Waals surface area contributed by atoms with Crippen LogP contribution in [-0.4, -0.2) is 43.4 Å². The molecule has 29 heavy (non-hydrogen) atoms. The van der Waals surface area contributed by atoms with Crippen LogP contribution in [0.5, 0.6) is 0 Å². The summed E-state index contributed by atoms with van der Waals surface area (Å²) in [5, 5.41) is 10.2. The Morgan fingerprint density at radius 3 is 2.90 bits per heavy atom. The Morgan fingerprint density at radius 1 is 1.21 bits per heavy atom. The number of anilines is 3. The normalized spacial score (nSPS) is 19.3. The molecule has 4 aromatic heterocycles. The van der Waals surface area contributed by atoms with Gasteiger partial charge < -0.3 is 15.2 Å². The topological polar surface area (TPSA) is 98.4 Å². The SMILES string of the molecule is C[C@@H](c1ccc2[nH]ccc2n1)N(C)c1nccc(Nc2cc([C@H]3C[C@H]3F)[nH]n2)n1. The number of hydrogen-bond donors (Lipinski definition) is 3. The summed E-state index contributed by atoms with van der Waals surface area (Å²) in [6.45, 7) is 2.06. The Hall–Kier alpha value is -3.49. The van der Waals surface area contributed by atoms with E-state index in [9.17, 15) is 4.39 Å². The van der Waals surface area contributed by atoms with Crippen LogP contribution in [0, 0.1) is 0 Å². The number of nitrogens with zero attached hydrogens (tertiary/aromatic N) is 5. The Balaban J connectivity index is 1.33. The van der Waals surface area contributed by atoms with Crippen molar-refractivity contribution in [3.05, 3.63) is 54.1 Å². The smallest absolute Gasteiger partial charge is 0.227 e. The van der Waals surface area contributed by atoms with Gasteiger partial charge in [-0.2, -0.15) is 10.1 Å². The molecular weight excluding hydrogens is 371 g/mol. The number of pyridine rings is 1. The van der Waals surface area contributed by atoms with Gasteiger partial charge in [-0.1, -0.05) is 0 Å². The number of hydrogen-bond acceptors (Lipinski definition) is 6. The van der Waals surface area contributed by atoms with Gasteiger partial charge in [0.2, 0.25) is 5.95 Å². The van der Waals surface area contributed by atoms with Crippen molar-refractivity contribution in [1.82, 2.24) is 30.1 Å². The third-order valence-electron chi connectivity index (χ3n) is 5.36. The molecule has 0 bridgehead atoms. The van der Waals surface area contributed by atoms with Crippen molar-refractivity contribution in [2.45, 2.75) is 31.5 Å². The van der Waals surface area contributed by atoms with Crippen molar-refractivity contribution < 1.29 is 4.39 Å². The highest BCUT2D eigenvalue weighted by molar-refractivity contribution is 5.74. The van der Waals surface area contributed by atoms with Crippen LogP contribution in [0.2, 0.25) is 0 Å². The predicted octanol–water partition coefficient (Wildman–Crippen LogP) is 3.84. The molecule has 4 heterocycles. The Kier molecular flexibility index (Phi) is 4.15. The first-order valence-corrected chi connectivity index (χ1v) is 9.55. The monoisotopic (exact) mass is 392 g/mol. The number of halogens is 1. The fraction of sp³-hybridized carbons (Fsp3) is 0.300. The summed E-state index contributed by atoms with van der Waals surface area (Å²) in [7, 11) is 1.94. The van der Waals surface area contributed by atoms with E-state index in [1.54, 1.807) is 12.3 Å². The van der Waals surface area contributed by atoms with Gasteiger partial charge in [-0.05, 0) is 37.6 Å². The Bertz CT molecular complexity index is 1150. The standard InChI is InChI=1S/C20H21FN8/c1-11(14-3-4-15-16(24-14)5-7-22-15)29(2)20-23-8-6-18(26-20)25-19-10-17(27-28-19)12-9-13(12)21/h3-8,10-13,22H,9H2,1-2H3,(H2,23,25,26,27,28)/t11-,12-,13+/m0/s1. The van der Waals surface area contributed by atoms with Crippen LogP contribution >= 0.6 is 0 Å². The van der Waals surface area contributed by atoms with Crippen molar-refractivity contribution in [3.63, 3.8) is 0 Å². The summed E-state index contributed by atoms with van der Waals surface area (Å²) in [5.41, 5.74) is 3.68. The van der Waals surface area contributed by atoms with Crippen LogP contribution in [0.3, 0.4) is 0 Å². The van der Waals surface area contributed by atoms with Crippen molar-refractivity contribution >= 4 is 28.6 Å². The predicted molar refractivity (Wildman–Crippen MR) is 109 cm³/mol. The van der Waals surface area contributed by atoms with E-state index in [0.717, 1.165) is 22.4 Å². The molecule has 0 spiro atoms. The van der Waals surface area contributed by atoms with Crippen LogP contribution in [0.4, 0.5) is 22.0 Å². The Labute approximate surface area is 166 Å². The molecule has 0 aliphatic heterocycles. The molecule has 0 unspecified atom stereocenters. The maximum absolute atomic E-state index is 13.2. The molecule has 3 atom stereocenters. The number of rotatable bonds is 6. The third-order valence-corrected chi connectivity index (χ3v) is 5.36. The molecule has 0 aromatic carbocycles. The molecule has 0 saturated heterocycles. The minimum atomic E-state index is -0.761. The molecule has 9 heteroatoms. The van der Waals surface area contributed by atoms with Crippen LogP contribution in [0.15, 0.2) is 42.7 Å². The van der Waals surface area contributed by atoms with Crippen LogP contribution < -0.4 is 10.2 Å². The van der Waals surface area contributed by atoms with E-state index in [4.69, 9.17) is 4.98 Å². The van der Waals surface area contributed by atoms with Gasteiger partial charge in [0.25, 0.3) is 0 Å². The zero-order valence-corrected chi connectivity index (χ0v) is 16.1. The second-order valence-electron chi connectivity index (χ2n) is 7.37. The highest BCUT2D eigenvalue weighted by atomic mass is 19.1. The summed E-state index contributed by atoms with van der Waals surface area (Å²) < 4.78 is 13.2. The number of aromatic nitrogens is 6. The van der Waals surface area contributed by atoms with Gasteiger partial charge in [-0.25, -0.2) is 14.4 Å². The van der Waals surface area contributed by atoms with Crippen molar-refractivity contribution in [2.75, 3.05) is 17.3 Å². The summed E-state index contributed by atoms with van der Waals surface area (Å²) in [6, 6.07) is 9.57. The van der Waals surface area contributed by atoms with Crippen molar-refractivity contribution in [2.24, 2.45) is 0 Å². The first kappa shape index (κ1) is 17.6. The fourth-order valence-corrected chi connectivity index (χ4v) is 3.35. The summed E-state index contributed by atoms with van der Waals surface area (Å²) in [6.07, 6.45) is 3.38. The van der Waals surface area contributed by atoms with Crippen LogP contribution in [0.25, 0.3) is 11.0 Å². The van der Waals surface area contributed by atoms with Gasteiger partial charge in [0.1, 0.15) is 12.0 Å². The quantitative estimate of drug-likeness (QED) is 0.461. The third kappa shape index (κ3) is 3.39. The molecule has 1 aliphatic rings. The Morgan fingerprint density at radius 2 is 2.07 bits per heavy atom. The molecule has 0 radical (unpaired) electrons. The lowest BCUT2D eigenvalue weighted by Crippen LogP contribution is -2.24. The molecule has 148 valence electrons. The summed E-state index contributed by atoms with van der Waals surface area (Å²) in [4.78, 5) is 18.8. The van der Waals surface area contributed by atoms with Gasteiger partial charge in [0.15, 0.2) is 5.82 Å². The molecule has 1 fully saturated rings. The minimum Gasteiger partial charge on any atom is -0.360 e. The van der Waals surface area contributed by atoms with Gasteiger partial charge in [-0.15, -0.1) is 0 Å². The second kappa shape index (κ2) is 6.84. The number of nitrogens with one attached hydrogen (secondary N) is 3. The van der Waals surface area contributed by atoms with E-state index in [1.165, 1.54) is 0 Å². The van der Waals surface area contributed by atoms with Gasteiger partial charge >= 0.3 is 0 Å². The van der Waals surface area contributed by atoms with Gasteiger partial charge in [-0.3, -0.25) is 5.10 Å². The molecule has 1 aliphatic carbocycles. The van der Waals surface area contributed by atoms with Crippen LogP contribution in [-0.2, 0) is 0 Å². The fourth-order valence-electron chi connectivity index (χ4n) is 3.35. The van der Waals surface area contributed by atoms with Gasteiger partial charge in [0, 0.05) is 37.1 Å². The van der Waals surface area contributed by atoms with Crippen molar-refractivity contribution in [3.8, 4) is 0 Å². The molecule has 3 N–H and O–H groups in total. The second-order valence-corrected chi connectivity index (χ2v) is 7.37. The van der Waals surface area contributed by atoms with E-state index < -0.39 is 6.17 Å². The van der Waals surface area contributed by atoms with E-state index in [-0.39, 0.29) is 12.0 Å². The molecule has 4 aromatic rings. The number of aromatic amines is 2. The van der Waals surface area contributed by atoms with E-state index >= 15 is 0 Å². The van der Waals surface area contributed by atoms with E-state index in [1.807, 2.05) is 42.4 Å². The van der Waals surface area contributed by atoms with Crippen molar-refractivity contribution in [1.29, 1.82) is 0 Å². The molecule has 8 nitrogen and oxygen atoms in total. The highest BCUT2D eigenvalue weighted by Gasteiger charge is 2.40. The van der Waals surface area contributed by atoms with Crippen LogP contribution in [0.1, 0.15) is 36.7 Å². The average Bonchev–Trinajstić information content (AvgIpc) is 3.11. The first-order valence-electron chi connectivity index (χ1n) is 9.55. The van der Waals surface area contributed by atoms with E-state index in [2.05, 4.69) is 37.4 Å². The largest absolute Gasteiger partial charge is 0.360 e. The maximum Gasteiger partial charge on any atom is 0.227 e. The first-order chi connectivity index (χ1) is 14.1.